The third kappa shape index (κ3) is 3.09. The molecule has 0 unspecified atom stereocenters. The summed E-state index contributed by atoms with van der Waals surface area (Å²) in [6.45, 7) is 0. The van der Waals surface area contributed by atoms with Crippen LogP contribution in [0.2, 0.25) is 0 Å². The van der Waals surface area contributed by atoms with Crippen LogP contribution in [0.1, 0.15) is 23.1 Å². The van der Waals surface area contributed by atoms with Crippen LogP contribution in [-0.2, 0) is 22.9 Å². The summed E-state index contributed by atoms with van der Waals surface area (Å²) in [5.41, 5.74) is 3.62. The van der Waals surface area contributed by atoms with Gasteiger partial charge in [0, 0.05) is 11.8 Å². The highest BCUT2D eigenvalue weighted by Crippen LogP contribution is 2.35. The van der Waals surface area contributed by atoms with E-state index in [0.29, 0.717) is 12.0 Å². The summed E-state index contributed by atoms with van der Waals surface area (Å²) in [6.07, 6.45) is 3.77. The van der Waals surface area contributed by atoms with Gasteiger partial charge in [-0.1, -0.05) is 24.3 Å². The van der Waals surface area contributed by atoms with E-state index in [1.54, 1.807) is 0 Å². The maximum atomic E-state index is 14.1. The van der Waals surface area contributed by atoms with Gasteiger partial charge in [0.2, 0.25) is 0 Å². The van der Waals surface area contributed by atoms with Crippen LogP contribution in [0, 0.1) is 17.1 Å². The Morgan fingerprint density at radius 3 is 2.74 bits per heavy atom. The van der Waals surface area contributed by atoms with Gasteiger partial charge < -0.3 is 4.98 Å². The van der Waals surface area contributed by atoms with Crippen LogP contribution in [0.3, 0.4) is 0 Å². The van der Waals surface area contributed by atoms with E-state index in [1.807, 2.05) is 30.3 Å². The number of hydrogen-bond donors (Lipinski definition) is 2. The first kappa shape index (κ1) is 17.3. The zero-order chi connectivity index (χ0) is 19.0. The molecule has 2 N–H and O–H groups in total. The average molecular weight is 381 g/mol. The maximum Gasteiger partial charge on any atom is 0.263 e. The van der Waals surface area contributed by atoms with Crippen LogP contribution in [-0.4, -0.2) is 13.4 Å². The lowest BCUT2D eigenvalue weighted by atomic mass is 10.0. The van der Waals surface area contributed by atoms with Crippen LogP contribution in [0.25, 0.3) is 11.3 Å². The van der Waals surface area contributed by atoms with Gasteiger partial charge in [-0.2, -0.15) is 5.26 Å². The molecular formula is C20H16FN3O2S. The summed E-state index contributed by atoms with van der Waals surface area (Å²) >= 11 is 0. The molecule has 3 aromatic rings. The number of nitrogens with one attached hydrogen (secondary N) is 2. The van der Waals surface area contributed by atoms with Crippen molar-refractivity contribution < 1.29 is 12.8 Å². The van der Waals surface area contributed by atoms with Gasteiger partial charge in [0.15, 0.2) is 0 Å². The molecule has 4 rings (SSSR count). The second kappa shape index (κ2) is 6.56. The molecule has 0 atom stereocenters. The van der Waals surface area contributed by atoms with Crippen molar-refractivity contribution in [1.82, 2.24) is 4.98 Å². The summed E-state index contributed by atoms with van der Waals surface area (Å²) in [4.78, 5) is 3.21. The van der Waals surface area contributed by atoms with Crippen molar-refractivity contribution >= 4 is 15.7 Å². The van der Waals surface area contributed by atoms with Crippen molar-refractivity contribution in [2.24, 2.45) is 0 Å². The average Bonchev–Trinajstić information content (AvgIpc) is 3.00. The highest BCUT2D eigenvalue weighted by molar-refractivity contribution is 7.92. The van der Waals surface area contributed by atoms with E-state index in [-0.39, 0.29) is 16.1 Å². The number of sulfonamides is 1. The molecule has 27 heavy (non-hydrogen) atoms. The molecule has 0 spiro atoms. The topological polar surface area (TPSA) is 85.8 Å². The predicted molar refractivity (Wildman–Crippen MR) is 100 cm³/mol. The molecule has 1 aliphatic carbocycles. The van der Waals surface area contributed by atoms with E-state index >= 15 is 0 Å². The molecule has 136 valence electrons. The van der Waals surface area contributed by atoms with E-state index in [9.17, 15) is 12.8 Å². The second-order valence-electron chi connectivity index (χ2n) is 6.43. The van der Waals surface area contributed by atoms with Crippen molar-refractivity contribution in [3.63, 3.8) is 0 Å². The molecule has 1 heterocycles. The zero-order valence-corrected chi connectivity index (χ0v) is 15.1. The van der Waals surface area contributed by atoms with Crippen molar-refractivity contribution in [1.29, 1.82) is 5.26 Å². The number of rotatable bonds is 3. The quantitative estimate of drug-likeness (QED) is 0.719. The Kier molecular flexibility index (Phi) is 4.21. The lowest BCUT2D eigenvalue weighted by molar-refractivity contribution is 0.597. The molecule has 1 aliphatic rings. The number of nitrogens with zero attached hydrogens (tertiary/aromatic N) is 1. The zero-order valence-electron chi connectivity index (χ0n) is 14.3. The van der Waals surface area contributed by atoms with Crippen LogP contribution in [0.4, 0.5) is 10.1 Å². The summed E-state index contributed by atoms with van der Waals surface area (Å²) in [5, 5.41) is 8.82. The lowest BCUT2D eigenvalue weighted by Crippen LogP contribution is -2.15. The van der Waals surface area contributed by atoms with Crippen molar-refractivity contribution in [2.45, 2.75) is 24.2 Å². The van der Waals surface area contributed by atoms with E-state index in [0.717, 1.165) is 30.2 Å². The molecule has 0 fully saturated rings. The molecule has 0 radical (unpaired) electrons. The Labute approximate surface area is 156 Å². The van der Waals surface area contributed by atoms with Gasteiger partial charge in [0.1, 0.15) is 10.7 Å². The van der Waals surface area contributed by atoms with E-state index in [4.69, 9.17) is 5.26 Å². The van der Waals surface area contributed by atoms with Gasteiger partial charge >= 0.3 is 0 Å². The normalized spacial score (nSPS) is 13.2. The number of H-pyrrole nitrogens is 1. The predicted octanol–water partition coefficient (Wildman–Crippen LogP) is 3.98. The minimum absolute atomic E-state index is 0.123. The molecule has 5 nitrogen and oxygen atoms in total. The highest BCUT2D eigenvalue weighted by atomic mass is 32.2. The van der Waals surface area contributed by atoms with Gasteiger partial charge in [-0.15, -0.1) is 0 Å². The van der Waals surface area contributed by atoms with Gasteiger partial charge in [-0.25, -0.2) is 12.8 Å². The minimum atomic E-state index is -3.98. The Hall–Kier alpha value is -3.11. The number of fused-ring (bicyclic) bond motifs is 3. The van der Waals surface area contributed by atoms with Crippen molar-refractivity contribution in [3.8, 4) is 17.3 Å². The number of halogens is 1. The molecule has 0 saturated carbocycles. The first-order chi connectivity index (χ1) is 13.0. The van der Waals surface area contributed by atoms with E-state index < -0.39 is 15.8 Å². The summed E-state index contributed by atoms with van der Waals surface area (Å²) in [6, 6.07) is 13.4. The Morgan fingerprint density at radius 2 is 1.96 bits per heavy atom. The standard InChI is InChI=1S/C20H16FN3O2S/c21-17-10-13(11-22)8-9-18(17)24-27(25,26)19-12-23-20-15-6-2-1-4-14(15)5-3-7-16(19)20/h1-2,4,6,8-10,12,23-24H,3,5,7H2. The molecule has 0 amide bonds. The fourth-order valence-electron chi connectivity index (χ4n) is 3.47. The van der Waals surface area contributed by atoms with Gasteiger partial charge in [0.25, 0.3) is 10.0 Å². The number of aromatic amines is 1. The monoisotopic (exact) mass is 381 g/mol. The molecule has 0 saturated heterocycles. The number of nitriles is 1. The number of aryl methyl sites for hydroxylation is 1. The SMILES string of the molecule is N#Cc1ccc(NS(=O)(=O)c2c[nH]c3c2CCCc2ccccc2-3)c(F)c1. The van der Waals surface area contributed by atoms with Crippen LogP contribution < -0.4 is 4.72 Å². The molecule has 2 aromatic carbocycles. The summed E-state index contributed by atoms with van der Waals surface area (Å²) in [5.74, 6) is -0.787. The van der Waals surface area contributed by atoms with Crippen LogP contribution >= 0.6 is 0 Å². The smallest absolute Gasteiger partial charge is 0.263 e. The Balaban J connectivity index is 1.75. The second-order valence-corrected chi connectivity index (χ2v) is 8.08. The third-order valence-corrected chi connectivity index (χ3v) is 6.17. The Bertz CT molecular complexity index is 1180. The van der Waals surface area contributed by atoms with Crippen molar-refractivity contribution in [2.75, 3.05) is 4.72 Å². The van der Waals surface area contributed by atoms with Gasteiger partial charge in [-0.3, -0.25) is 4.72 Å². The fourth-order valence-corrected chi connectivity index (χ4v) is 4.78. The molecule has 1 aromatic heterocycles. The first-order valence-corrected chi connectivity index (χ1v) is 9.99. The van der Waals surface area contributed by atoms with Crippen molar-refractivity contribution in [3.05, 3.63) is 71.2 Å². The van der Waals surface area contributed by atoms with Gasteiger partial charge in [-0.05, 0) is 48.6 Å². The Morgan fingerprint density at radius 1 is 1.15 bits per heavy atom. The molecular weight excluding hydrogens is 365 g/mol. The number of aromatic nitrogens is 1. The highest BCUT2D eigenvalue weighted by Gasteiger charge is 2.26. The largest absolute Gasteiger partial charge is 0.360 e. The number of benzene rings is 2. The minimum Gasteiger partial charge on any atom is -0.360 e. The lowest BCUT2D eigenvalue weighted by Gasteiger charge is -2.10. The van der Waals surface area contributed by atoms with Crippen LogP contribution in [0.15, 0.2) is 53.6 Å². The molecule has 7 heteroatoms. The van der Waals surface area contributed by atoms with Gasteiger partial charge in [0.05, 0.1) is 23.0 Å². The number of anilines is 1. The summed E-state index contributed by atoms with van der Waals surface area (Å²) in [7, 11) is -3.98. The fraction of sp³-hybridized carbons (Fsp3) is 0.150. The summed E-state index contributed by atoms with van der Waals surface area (Å²) < 4.78 is 42.2. The van der Waals surface area contributed by atoms with E-state index in [2.05, 4.69) is 9.71 Å². The van der Waals surface area contributed by atoms with E-state index in [1.165, 1.54) is 23.9 Å². The van der Waals surface area contributed by atoms with Crippen LogP contribution in [0.5, 0.6) is 0 Å². The molecule has 0 bridgehead atoms. The third-order valence-electron chi connectivity index (χ3n) is 4.74. The molecule has 0 aliphatic heterocycles. The maximum absolute atomic E-state index is 14.1. The first-order valence-electron chi connectivity index (χ1n) is 8.50. The number of hydrogen-bond acceptors (Lipinski definition) is 3.